The predicted molar refractivity (Wildman–Crippen MR) is 108 cm³/mol. The number of aliphatic hydroxyl groups is 1. The van der Waals surface area contributed by atoms with E-state index in [4.69, 9.17) is 10.7 Å². The predicted octanol–water partition coefficient (Wildman–Crippen LogP) is 3.17. The van der Waals surface area contributed by atoms with Crippen LogP contribution in [0.4, 0.5) is 0 Å². The molecule has 0 saturated heterocycles. The zero-order valence-corrected chi connectivity index (χ0v) is 15.7. The van der Waals surface area contributed by atoms with Crippen molar-refractivity contribution in [2.75, 3.05) is 0 Å². The molecule has 0 fully saturated rings. The third-order valence-electron chi connectivity index (χ3n) is 4.67. The van der Waals surface area contributed by atoms with Crippen molar-refractivity contribution in [3.8, 4) is 17.2 Å². The highest BCUT2D eigenvalue weighted by Crippen LogP contribution is 2.25. The maximum Gasteiger partial charge on any atom is 0.251 e. The molecular weight excluding hydrogens is 352 g/mol. The first-order valence-electron chi connectivity index (χ1n) is 9.33. The van der Waals surface area contributed by atoms with Crippen LogP contribution in [0.1, 0.15) is 37.2 Å². The number of rotatable bonds is 6. The molecule has 28 heavy (non-hydrogen) atoms. The van der Waals surface area contributed by atoms with E-state index >= 15 is 0 Å². The number of nitrogens with two attached hydrogens (primary N) is 1. The molecule has 1 unspecified atom stereocenters. The summed E-state index contributed by atoms with van der Waals surface area (Å²) in [6, 6.07) is 13.6. The number of hydrogen-bond acceptors (Lipinski definition) is 6. The van der Waals surface area contributed by atoms with E-state index in [-0.39, 0.29) is 12.6 Å². The summed E-state index contributed by atoms with van der Waals surface area (Å²) in [5, 5.41) is 14.7. The fourth-order valence-electron chi connectivity index (χ4n) is 3.19. The Kier molecular flexibility index (Phi) is 5.10. The molecule has 0 saturated carbocycles. The van der Waals surface area contributed by atoms with Gasteiger partial charge in [-0.25, -0.2) is 9.97 Å². The lowest BCUT2D eigenvalue weighted by Gasteiger charge is -2.11. The van der Waals surface area contributed by atoms with Gasteiger partial charge in [0.15, 0.2) is 0 Å². The Labute approximate surface area is 162 Å². The highest BCUT2D eigenvalue weighted by Gasteiger charge is 2.12. The van der Waals surface area contributed by atoms with E-state index in [2.05, 4.69) is 22.0 Å². The quantitative estimate of drug-likeness (QED) is 0.537. The average molecular weight is 374 g/mol. The van der Waals surface area contributed by atoms with Crippen molar-refractivity contribution in [3.05, 3.63) is 66.2 Å². The van der Waals surface area contributed by atoms with Crippen LogP contribution >= 0.6 is 0 Å². The second-order valence-electron chi connectivity index (χ2n) is 6.68. The Morgan fingerprint density at radius 1 is 1.14 bits per heavy atom. The van der Waals surface area contributed by atoms with Crippen molar-refractivity contribution < 1.29 is 5.11 Å². The lowest BCUT2D eigenvalue weighted by Crippen LogP contribution is -2.11. The molecule has 7 nitrogen and oxygen atoms in total. The van der Waals surface area contributed by atoms with Gasteiger partial charge in [-0.2, -0.15) is 9.78 Å². The molecule has 7 heteroatoms. The van der Waals surface area contributed by atoms with E-state index in [0.29, 0.717) is 11.6 Å². The molecule has 0 radical (unpaired) electrons. The Hall–Kier alpha value is -3.16. The Balaban J connectivity index is 1.77. The van der Waals surface area contributed by atoms with E-state index in [1.165, 1.54) is 0 Å². The summed E-state index contributed by atoms with van der Waals surface area (Å²) in [5.41, 5.74) is 10.4. The van der Waals surface area contributed by atoms with Crippen LogP contribution in [0, 0.1) is 0 Å². The van der Waals surface area contributed by atoms with Crippen molar-refractivity contribution in [2.24, 2.45) is 5.73 Å². The number of aliphatic hydroxyl groups excluding tert-OH is 1. The van der Waals surface area contributed by atoms with Crippen molar-refractivity contribution in [1.29, 1.82) is 0 Å². The first-order chi connectivity index (χ1) is 13.7. The van der Waals surface area contributed by atoms with Gasteiger partial charge in [0, 0.05) is 23.2 Å². The molecule has 4 aromatic rings. The van der Waals surface area contributed by atoms with E-state index in [9.17, 15) is 5.11 Å². The van der Waals surface area contributed by atoms with Gasteiger partial charge < -0.3 is 10.8 Å². The summed E-state index contributed by atoms with van der Waals surface area (Å²) < 4.78 is 1.67. The molecule has 0 bridgehead atoms. The molecule has 4 rings (SSSR count). The molecule has 0 aliphatic heterocycles. The zero-order chi connectivity index (χ0) is 19.5. The highest BCUT2D eigenvalue weighted by atomic mass is 16.3. The van der Waals surface area contributed by atoms with Crippen LogP contribution in [0.3, 0.4) is 0 Å². The van der Waals surface area contributed by atoms with Gasteiger partial charge >= 0.3 is 0 Å². The van der Waals surface area contributed by atoms with E-state index < -0.39 is 0 Å². The van der Waals surface area contributed by atoms with Crippen LogP contribution in [0.5, 0.6) is 0 Å². The van der Waals surface area contributed by atoms with Gasteiger partial charge in [-0.3, -0.25) is 4.98 Å². The number of benzene rings is 1. The molecule has 3 N–H and O–H groups in total. The second kappa shape index (κ2) is 7.84. The van der Waals surface area contributed by atoms with Crippen LogP contribution in [0.25, 0.3) is 28.1 Å². The molecule has 142 valence electrons. The van der Waals surface area contributed by atoms with Gasteiger partial charge in [-0.15, -0.1) is 0 Å². The molecule has 0 spiro atoms. The molecule has 1 aromatic carbocycles. The van der Waals surface area contributed by atoms with E-state index in [0.717, 1.165) is 40.7 Å². The van der Waals surface area contributed by atoms with Crippen LogP contribution in [0.15, 0.2) is 54.9 Å². The lowest BCUT2D eigenvalue weighted by atomic mass is 10.1. The molecule has 1 atom stereocenters. The maximum absolute atomic E-state index is 9.34. The third-order valence-corrected chi connectivity index (χ3v) is 4.67. The number of hydrogen-bond donors (Lipinski definition) is 2. The first kappa shape index (κ1) is 18.2. The van der Waals surface area contributed by atoms with Gasteiger partial charge in [-0.05, 0) is 30.7 Å². The summed E-state index contributed by atoms with van der Waals surface area (Å²) in [7, 11) is 0. The molecule has 0 amide bonds. The summed E-state index contributed by atoms with van der Waals surface area (Å²) in [5.74, 6) is 0.422. The topological polar surface area (TPSA) is 103 Å². The first-order valence-corrected chi connectivity index (χ1v) is 9.33. The standard InChI is InChI=1S/C21H22N6O/c1-2-4-17(22)19-6-3-5-18(26-19)14-7-8-15-12-24-27(20(15)11-14)21-23-10-9-16(13-28)25-21/h3,5-12,17,28H,2,4,13,22H2,1H3. The second-order valence-corrected chi connectivity index (χ2v) is 6.68. The fraction of sp³-hybridized carbons (Fsp3) is 0.238. The smallest absolute Gasteiger partial charge is 0.251 e. The molecular formula is C21H22N6O. The van der Waals surface area contributed by atoms with Crippen molar-refractivity contribution >= 4 is 10.9 Å². The number of fused-ring (bicyclic) bond motifs is 1. The van der Waals surface area contributed by atoms with Gasteiger partial charge in [0.25, 0.3) is 5.95 Å². The van der Waals surface area contributed by atoms with Crippen molar-refractivity contribution in [1.82, 2.24) is 24.7 Å². The van der Waals surface area contributed by atoms with Crippen LogP contribution < -0.4 is 5.73 Å². The minimum atomic E-state index is -0.144. The summed E-state index contributed by atoms with van der Waals surface area (Å²) >= 11 is 0. The van der Waals surface area contributed by atoms with Gasteiger partial charge in [-0.1, -0.05) is 31.5 Å². The summed E-state index contributed by atoms with van der Waals surface area (Å²) in [4.78, 5) is 13.4. The number of pyridine rings is 1. The molecule has 3 aromatic heterocycles. The Morgan fingerprint density at radius 3 is 2.86 bits per heavy atom. The summed E-state index contributed by atoms with van der Waals surface area (Å²) in [6.45, 7) is 1.97. The maximum atomic E-state index is 9.34. The Bertz CT molecular complexity index is 1110. The van der Waals surface area contributed by atoms with Crippen LogP contribution in [0.2, 0.25) is 0 Å². The SMILES string of the molecule is CCCC(N)c1cccc(-c2ccc3cnn(-c4nccc(CO)n4)c3c2)n1. The number of nitrogens with zero attached hydrogens (tertiary/aromatic N) is 5. The fourth-order valence-corrected chi connectivity index (χ4v) is 3.19. The molecule has 3 heterocycles. The monoisotopic (exact) mass is 374 g/mol. The third kappa shape index (κ3) is 3.49. The van der Waals surface area contributed by atoms with Gasteiger partial charge in [0.2, 0.25) is 0 Å². The largest absolute Gasteiger partial charge is 0.390 e. The van der Waals surface area contributed by atoms with Gasteiger partial charge in [0.1, 0.15) is 0 Å². The Morgan fingerprint density at radius 2 is 2.04 bits per heavy atom. The lowest BCUT2D eigenvalue weighted by molar-refractivity contribution is 0.276. The molecule has 0 aliphatic rings. The minimum absolute atomic E-state index is 0.0613. The number of aromatic nitrogens is 5. The van der Waals surface area contributed by atoms with E-state index in [1.54, 1.807) is 23.1 Å². The van der Waals surface area contributed by atoms with Crippen molar-refractivity contribution in [3.63, 3.8) is 0 Å². The van der Waals surface area contributed by atoms with Crippen molar-refractivity contribution in [2.45, 2.75) is 32.4 Å². The van der Waals surface area contributed by atoms with Crippen LogP contribution in [-0.4, -0.2) is 29.8 Å². The minimum Gasteiger partial charge on any atom is -0.390 e. The summed E-state index contributed by atoms with van der Waals surface area (Å²) in [6.07, 6.45) is 5.31. The zero-order valence-electron chi connectivity index (χ0n) is 15.7. The highest BCUT2D eigenvalue weighted by molar-refractivity contribution is 5.84. The normalized spacial score (nSPS) is 12.4. The van der Waals surface area contributed by atoms with Crippen LogP contribution in [-0.2, 0) is 6.61 Å². The van der Waals surface area contributed by atoms with E-state index in [1.807, 2.05) is 36.4 Å². The average Bonchev–Trinajstić information content (AvgIpc) is 3.17. The van der Waals surface area contributed by atoms with Gasteiger partial charge in [0.05, 0.1) is 35.4 Å². The molecule has 0 aliphatic carbocycles.